The fourth-order valence-electron chi connectivity index (χ4n) is 1.61. The van der Waals surface area contributed by atoms with Gasteiger partial charge in [0, 0.05) is 15.9 Å². The summed E-state index contributed by atoms with van der Waals surface area (Å²) in [5, 5.41) is 2.82. The molecule has 0 fully saturated rings. The number of anilines is 1. The molecule has 1 amide bonds. The summed E-state index contributed by atoms with van der Waals surface area (Å²) in [4.78, 5) is 11.7. The highest BCUT2D eigenvalue weighted by Crippen LogP contribution is 2.22. The highest BCUT2D eigenvalue weighted by atomic mass is 79.9. The van der Waals surface area contributed by atoms with Gasteiger partial charge in [-0.2, -0.15) is 0 Å². The molecule has 1 N–H and O–H groups in total. The van der Waals surface area contributed by atoms with Crippen molar-refractivity contribution in [1.29, 1.82) is 0 Å². The average molecular weight is 354 g/mol. The van der Waals surface area contributed by atoms with E-state index in [-0.39, 0.29) is 11.7 Å². The topological polar surface area (TPSA) is 29.1 Å². The van der Waals surface area contributed by atoms with Crippen molar-refractivity contribution in [3.05, 3.63) is 64.4 Å². The monoisotopic (exact) mass is 353 g/mol. The molecule has 0 aliphatic heterocycles. The molecule has 0 aromatic heterocycles. The van der Waals surface area contributed by atoms with Crippen LogP contribution in [0, 0.1) is 5.82 Å². The lowest BCUT2D eigenvalue weighted by Gasteiger charge is -2.06. The fourth-order valence-corrected chi connectivity index (χ4v) is 3.12. The second-order valence-corrected chi connectivity index (χ2v) is 5.98. The molecule has 2 rings (SSSR count). The lowest BCUT2D eigenvalue weighted by atomic mass is 10.2. The molecule has 0 atom stereocenters. The lowest BCUT2D eigenvalue weighted by molar-refractivity contribution is -0.113. The summed E-state index contributed by atoms with van der Waals surface area (Å²) in [6, 6.07) is 13.9. The van der Waals surface area contributed by atoms with Crippen LogP contribution in [-0.2, 0) is 10.5 Å². The number of nitrogens with one attached hydrogen (secondary N) is 1. The van der Waals surface area contributed by atoms with Crippen LogP contribution in [-0.4, -0.2) is 11.7 Å². The molecule has 0 aliphatic rings. The van der Waals surface area contributed by atoms with Gasteiger partial charge in [-0.15, -0.1) is 11.8 Å². The number of carbonyl (C=O) groups is 1. The zero-order valence-electron chi connectivity index (χ0n) is 10.6. The number of benzene rings is 2. The van der Waals surface area contributed by atoms with E-state index < -0.39 is 0 Å². The number of thioether (sulfide) groups is 1. The zero-order valence-corrected chi connectivity index (χ0v) is 13.0. The normalized spacial score (nSPS) is 10.3. The molecule has 2 aromatic carbocycles. The predicted molar refractivity (Wildman–Crippen MR) is 85.3 cm³/mol. The van der Waals surface area contributed by atoms with Gasteiger partial charge in [-0.3, -0.25) is 4.79 Å². The number of halogens is 2. The number of hydrogen-bond acceptors (Lipinski definition) is 2. The first-order valence-electron chi connectivity index (χ1n) is 6.02. The first-order valence-corrected chi connectivity index (χ1v) is 7.96. The van der Waals surface area contributed by atoms with E-state index in [1.54, 1.807) is 6.07 Å². The van der Waals surface area contributed by atoms with Crippen molar-refractivity contribution >= 4 is 39.3 Å². The number of para-hydroxylation sites is 1. The SMILES string of the molecule is O=C(CSCc1ccc(F)cc1Br)Nc1ccccc1. The quantitative estimate of drug-likeness (QED) is 0.859. The smallest absolute Gasteiger partial charge is 0.234 e. The Balaban J connectivity index is 1.79. The van der Waals surface area contributed by atoms with Gasteiger partial charge in [0.2, 0.25) is 5.91 Å². The summed E-state index contributed by atoms with van der Waals surface area (Å²) in [5.41, 5.74) is 1.77. The lowest BCUT2D eigenvalue weighted by Crippen LogP contribution is -2.14. The molecule has 0 bridgehead atoms. The van der Waals surface area contributed by atoms with Crippen molar-refractivity contribution in [2.75, 3.05) is 11.1 Å². The number of rotatable bonds is 5. The third-order valence-electron chi connectivity index (χ3n) is 2.56. The molecule has 0 saturated heterocycles. The predicted octanol–water partition coefficient (Wildman–Crippen LogP) is 4.46. The summed E-state index contributed by atoms with van der Waals surface area (Å²) in [5.74, 6) is 0.703. The van der Waals surface area contributed by atoms with Crippen molar-refractivity contribution < 1.29 is 9.18 Å². The molecule has 20 heavy (non-hydrogen) atoms. The van der Waals surface area contributed by atoms with E-state index in [1.165, 1.54) is 23.9 Å². The molecule has 5 heteroatoms. The summed E-state index contributed by atoms with van der Waals surface area (Å²) < 4.78 is 13.7. The van der Waals surface area contributed by atoms with Gasteiger partial charge >= 0.3 is 0 Å². The van der Waals surface area contributed by atoms with Gasteiger partial charge in [0.1, 0.15) is 5.82 Å². The maximum Gasteiger partial charge on any atom is 0.234 e. The highest BCUT2D eigenvalue weighted by Gasteiger charge is 2.05. The van der Waals surface area contributed by atoms with Gasteiger partial charge in [-0.25, -0.2) is 4.39 Å². The van der Waals surface area contributed by atoms with Crippen LogP contribution in [0.1, 0.15) is 5.56 Å². The molecule has 0 aliphatic carbocycles. The van der Waals surface area contributed by atoms with Crippen LogP contribution < -0.4 is 5.32 Å². The van der Waals surface area contributed by atoms with Crippen molar-refractivity contribution in [1.82, 2.24) is 0 Å². The number of hydrogen-bond donors (Lipinski definition) is 1. The van der Waals surface area contributed by atoms with E-state index in [0.717, 1.165) is 15.7 Å². The largest absolute Gasteiger partial charge is 0.325 e. The van der Waals surface area contributed by atoms with E-state index in [2.05, 4.69) is 21.2 Å². The standard InChI is InChI=1S/C15H13BrFNOS/c16-14-8-12(17)7-6-11(14)9-20-10-15(19)18-13-4-2-1-3-5-13/h1-8H,9-10H2,(H,18,19). The van der Waals surface area contributed by atoms with Crippen LogP contribution in [0.25, 0.3) is 0 Å². The van der Waals surface area contributed by atoms with Crippen molar-refractivity contribution in [2.45, 2.75) is 5.75 Å². The van der Waals surface area contributed by atoms with Crippen LogP contribution in [0.5, 0.6) is 0 Å². The number of carbonyl (C=O) groups excluding carboxylic acids is 1. The minimum Gasteiger partial charge on any atom is -0.325 e. The van der Waals surface area contributed by atoms with E-state index >= 15 is 0 Å². The van der Waals surface area contributed by atoms with Gasteiger partial charge in [-0.1, -0.05) is 40.2 Å². The molecule has 0 saturated carbocycles. The maximum absolute atomic E-state index is 12.9. The Morgan fingerprint density at radius 2 is 1.95 bits per heavy atom. The average Bonchev–Trinajstić information content (AvgIpc) is 2.42. The van der Waals surface area contributed by atoms with E-state index in [1.807, 2.05) is 30.3 Å². The second-order valence-electron chi connectivity index (χ2n) is 4.14. The van der Waals surface area contributed by atoms with Crippen molar-refractivity contribution in [3.63, 3.8) is 0 Å². The second kappa shape index (κ2) is 7.45. The Bertz CT molecular complexity index is 592. The fraction of sp³-hybridized carbons (Fsp3) is 0.133. The molecule has 104 valence electrons. The van der Waals surface area contributed by atoms with Crippen LogP contribution in [0.3, 0.4) is 0 Å². The molecule has 0 unspecified atom stereocenters. The maximum atomic E-state index is 12.9. The molecule has 0 radical (unpaired) electrons. The third-order valence-corrected chi connectivity index (χ3v) is 4.28. The molecule has 0 spiro atoms. The van der Waals surface area contributed by atoms with Crippen molar-refractivity contribution in [3.8, 4) is 0 Å². The third kappa shape index (κ3) is 4.65. The van der Waals surface area contributed by atoms with Gasteiger partial charge in [0.25, 0.3) is 0 Å². The Hall–Kier alpha value is -1.33. The Kier molecular flexibility index (Phi) is 5.61. The minimum atomic E-state index is -0.271. The van der Waals surface area contributed by atoms with Crippen LogP contribution in [0.15, 0.2) is 53.0 Å². The Morgan fingerprint density at radius 3 is 2.65 bits per heavy atom. The van der Waals surface area contributed by atoms with E-state index in [9.17, 15) is 9.18 Å². The van der Waals surface area contributed by atoms with Crippen molar-refractivity contribution in [2.24, 2.45) is 0 Å². The van der Waals surface area contributed by atoms with Gasteiger partial charge in [0.15, 0.2) is 0 Å². The minimum absolute atomic E-state index is 0.0422. The van der Waals surface area contributed by atoms with Crippen LogP contribution >= 0.6 is 27.7 Å². The van der Waals surface area contributed by atoms with Gasteiger partial charge < -0.3 is 5.32 Å². The molecular weight excluding hydrogens is 341 g/mol. The van der Waals surface area contributed by atoms with E-state index in [4.69, 9.17) is 0 Å². The first kappa shape index (κ1) is 15.1. The highest BCUT2D eigenvalue weighted by molar-refractivity contribution is 9.10. The van der Waals surface area contributed by atoms with Crippen LogP contribution in [0.4, 0.5) is 10.1 Å². The van der Waals surface area contributed by atoms with Gasteiger partial charge in [0.05, 0.1) is 5.75 Å². The molecular formula is C15H13BrFNOS. The number of amides is 1. The molecule has 2 nitrogen and oxygen atoms in total. The summed E-state index contributed by atoms with van der Waals surface area (Å²) >= 11 is 4.80. The molecule has 2 aromatic rings. The summed E-state index contributed by atoms with van der Waals surface area (Å²) in [6.07, 6.45) is 0. The summed E-state index contributed by atoms with van der Waals surface area (Å²) in [7, 11) is 0. The summed E-state index contributed by atoms with van der Waals surface area (Å²) in [6.45, 7) is 0. The Morgan fingerprint density at radius 1 is 1.20 bits per heavy atom. The Labute approximate surface area is 129 Å². The van der Waals surface area contributed by atoms with Gasteiger partial charge in [-0.05, 0) is 29.8 Å². The first-order chi connectivity index (χ1) is 9.65. The molecule has 0 heterocycles. The zero-order chi connectivity index (χ0) is 14.4. The van der Waals surface area contributed by atoms with E-state index in [0.29, 0.717) is 11.5 Å². The van der Waals surface area contributed by atoms with Crippen LogP contribution in [0.2, 0.25) is 0 Å².